The van der Waals surface area contributed by atoms with Crippen LogP contribution in [0.4, 0.5) is 11.6 Å². The number of amides is 2. The van der Waals surface area contributed by atoms with Crippen LogP contribution in [0.25, 0.3) is 43.2 Å². The number of hydrogen-bond acceptors (Lipinski definition) is 16. The number of carbonyl (C=O) groups excluding carboxylic acids is 2. The average Bonchev–Trinajstić information content (AvgIpc) is 3.11. The number of hydrogen-bond donors (Lipinski definition) is 1. The number of nitrogens with zero attached hydrogens (tertiary/aromatic N) is 15. The van der Waals surface area contributed by atoms with Crippen LogP contribution in [0, 0.1) is 0 Å². The van der Waals surface area contributed by atoms with E-state index in [1.807, 2.05) is 24.3 Å². The molecule has 24 nitrogen and oxygen atoms in total. The van der Waals surface area contributed by atoms with Crippen molar-refractivity contribution in [3.8, 4) is 0 Å². The maximum atomic E-state index is 13.6. The van der Waals surface area contributed by atoms with Gasteiger partial charge in [0.15, 0.2) is 79.7 Å². The first-order valence-corrected chi connectivity index (χ1v) is 41.8. The molecule has 2 aliphatic rings. The van der Waals surface area contributed by atoms with E-state index in [9.17, 15) is 20.7 Å². The summed E-state index contributed by atoms with van der Waals surface area (Å²) in [5, 5.41) is 11.0. The van der Waals surface area contributed by atoms with Gasteiger partial charge in [0.05, 0.1) is 50.2 Å². The van der Waals surface area contributed by atoms with Gasteiger partial charge < -0.3 is 32.5 Å². The molecule has 0 saturated carbocycles. The van der Waals surface area contributed by atoms with E-state index in [1.165, 1.54) is 17.6 Å². The van der Waals surface area contributed by atoms with Crippen LogP contribution < -0.4 is 10.2 Å². The first-order chi connectivity index (χ1) is 41.4. The van der Waals surface area contributed by atoms with E-state index < -0.39 is 82.2 Å². The number of nitrogens with one attached hydrogen (secondary N) is 1. The van der Waals surface area contributed by atoms with Gasteiger partial charge in [-0.2, -0.15) is 0 Å². The molecule has 0 aliphatic carbocycles. The zero-order chi connectivity index (χ0) is 65.9. The van der Waals surface area contributed by atoms with Crippen LogP contribution in [0.3, 0.4) is 0 Å². The summed E-state index contributed by atoms with van der Waals surface area (Å²) in [5.41, 5.74) is 22.1. The molecule has 8 rings (SSSR count). The number of ether oxygens (including phenoxy) is 2. The number of azide groups is 2. The van der Waals surface area contributed by atoms with E-state index in [1.54, 1.807) is 64.3 Å². The number of aromatic nitrogens is 8. The van der Waals surface area contributed by atoms with Gasteiger partial charge in [0.1, 0.15) is 24.9 Å². The monoisotopic (exact) mass is 1290 g/mol. The number of anilines is 2. The highest BCUT2D eigenvalue weighted by Gasteiger charge is 2.54. The van der Waals surface area contributed by atoms with E-state index >= 15 is 0 Å². The molecule has 2 aliphatic heterocycles. The van der Waals surface area contributed by atoms with Crippen molar-refractivity contribution in [2.45, 2.75) is 205 Å². The zero-order valence-corrected chi connectivity index (χ0v) is 59.6. The lowest BCUT2D eigenvalue weighted by Crippen LogP contribution is -2.49. The van der Waals surface area contributed by atoms with Gasteiger partial charge in [-0.3, -0.25) is 23.6 Å². The minimum atomic E-state index is -2.40. The van der Waals surface area contributed by atoms with Gasteiger partial charge in [-0.1, -0.05) is 136 Å². The minimum Gasteiger partial charge on any atom is -0.414 e. The second-order valence-electron chi connectivity index (χ2n) is 28.8. The Bertz CT molecular complexity index is 3550. The second-order valence-corrected chi connectivity index (χ2v) is 47.9. The van der Waals surface area contributed by atoms with Crippen molar-refractivity contribution in [2.24, 2.45) is 10.2 Å². The Balaban J connectivity index is 0.000000254. The molecule has 4 aromatic heterocycles. The van der Waals surface area contributed by atoms with Crippen molar-refractivity contribution in [3.63, 3.8) is 0 Å². The summed E-state index contributed by atoms with van der Waals surface area (Å²) < 4.78 is 44.0. The van der Waals surface area contributed by atoms with Gasteiger partial charge in [0, 0.05) is 27.5 Å². The van der Waals surface area contributed by atoms with E-state index in [0.717, 1.165) is 0 Å². The van der Waals surface area contributed by atoms with E-state index in [0.29, 0.717) is 39.3 Å². The van der Waals surface area contributed by atoms with E-state index in [2.05, 4.69) is 192 Å². The quantitative estimate of drug-likeness (QED) is 0.0244. The Hall–Kier alpha value is -6.53. The Labute approximate surface area is 527 Å². The molecule has 0 spiro atoms. The SMILES string of the molecule is C=CCN(C(=O)c1ccccc1)c1ncnc2c1ncn2[C@@H]1O[C@H](CO[Si](C)(C)C(C)(C)C)[C@@H](N=[N+]=[N-])[C@H]1O[Si](C)(C)C(C)(C)C.CC(C)(C)[Si](C)(C)OC[C@H]1O[C@@H](n2cnc3c(NC(=O)c4ccccc4)ncnc32)[C@H](O[Si](C)(C)C(C)(C)C)[C@@H]1N=[N+]=[N-]. The molecule has 28 heteroatoms. The molecule has 0 unspecified atom stereocenters. The Kier molecular flexibility index (Phi) is 21.3. The van der Waals surface area contributed by atoms with Gasteiger partial charge in [-0.05, 0) is 108 Å². The Morgan fingerprint density at radius 1 is 0.607 bits per heavy atom. The highest BCUT2D eigenvalue weighted by atomic mass is 28.4. The minimum absolute atomic E-state index is 0.00586. The first-order valence-electron chi connectivity index (χ1n) is 30.1. The molecule has 1 N–H and O–H groups in total. The van der Waals surface area contributed by atoms with Crippen molar-refractivity contribution in [3.05, 3.63) is 131 Å². The van der Waals surface area contributed by atoms with E-state index in [4.69, 9.17) is 32.2 Å². The van der Waals surface area contributed by atoms with Crippen molar-refractivity contribution < 1.29 is 36.8 Å². The first kappa shape index (κ1) is 69.9. The third-order valence-corrected chi connectivity index (χ3v) is 36.6. The smallest absolute Gasteiger partial charge is 0.259 e. The second kappa shape index (κ2) is 27.1. The van der Waals surface area contributed by atoms with Crippen LogP contribution in [-0.2, 0) is 27.2 Å². The summed E-state index contributed by atoms with van der Waals surface area (Å²) in [5.74, 6) is 0.0823. The maximum absolute atomic E-state index is 13.6. The van der Waals surface area contributed by atoms with Crippen LogP contribution in [0.5, 0.6) is 0 Å². The number of rotatable bonds is 20. The molecule has 480 valence electrons. The number of imidazole rings is 2. The summed E-state index contributed by atoms with van der Waals surface area (Å²) in [6.07, 6.45) is 3.82. The summed E-state index contributed by atoms with van der Waals surface area (Å²) in [4.78, 5) is 61.6. The molecule has 2 amide bonds. The molecule has 8 atom stereocenters. The molecule has 89 heavy (non-hydrogen) atoms. The van der Waals surface area contributed by atoms with Gasteiger partial charge >= 0.3 is 0 Å². The van der Waals surface area contributed by atoms with Crippen LogP contribution in [0.2, 0.25) is 72.5 Å². The van der Waals surface area contributed by atoms with Gasteiger partial charge in [-0.25, -0.2) is 29.9 Å². The van der Waals surface area contributed by atoms with E-state index in [-0.39, 0.29) is 57.5 Å². The predicted molar refractivity (Wildman–Crippen MR) is 357 cm³/mol. The standard InChI is InChI=1S/C32H48N8O4Si2.C29H44N8O4Si2/c1-12-18-39(29(41)22-16-14-13-15-17-22)27-25-28(35-20-34-27)40(21-36-25)30-26(44-46(10,11)32(5,6)7)24(37-38-33)23(43-30)19-42-45(8,9)31(2,3)4;1-28(2,3)42(7,8)39-16-20-21(35-36-30)23(41-43(9,10)29(4,5)6)27(40-20)37-18-33-22-24(31-17-32-25(22)37)34-26(38)19-14-12-11-13-15-19/h12-17,20-21,23-24,26,30H,1,18-19H2,2-11H3;11-15,17-18,20-21,23,27H,16H2,1-10H3,(H,31,32,34,38)/t23-,24-,26-,30-;20-,21-,23-,27-/m11/s1. The fourth-order valence-electron chi connectivity index (χ4n) is 9.11. The summed E-state index contributed by atoms with van der Waals surface area (Å²) in [6, 6.07) is 16.6. The summed E-state index contributed by atoms with van der Waals surface area (Å²) >= 11 is 0. The van der Waals surface area contributed by atoms with Crippen molar-refractivity contribution in [2.75, 3.05) is 30.0 Å². The Morgan fingerprint density at radius 3 is 1.43 bits per heavy atom. The fraction of sp³-hybridized carbons (Fsp3) is 0.574. The molecule has 2 aromatic carbocycles. The van der Waals surface area contributed by atoms with Gasteiger partial charge in [-0.15, -0.1) is 6.58 Å². The topological polar surface area (TPSA) is 290 Å². The normalized spacial score (nSPS) is 21.2. The molecule has 6 heterocycles. The largest absolute Gasteiger partial charge is 0.414 e. The van der Waals surface area contributed by atoms with Crippen LogP contribution in [0.1, 0.15) is 116 Å². The lowest BCUT2D eigenvalue weighted by Gasteiger charge is -2.40. The molecule has 2 saturated heterocycles. The predicted octanol–water partition coefficient (Wildman–Crippen LogP) is 14.7. The maximum Gasteiger partial charge on any atom is 0.259 e. The molecule has 0 radical (unpaired) electrons. The fourth-order valence-corrected chi connectivity index (χ4v) is 13.7. The molecular weight excluding hydrogens is 1200 g/mol. The number of fused-ring (bicyclic) bond motifs is 2. The third-order valence-electron chi connectivity index (χ3n) is 18.6. The van der Waals surface area contributed by atoms with Crippen LogP contribution in [0.15, 0.2) is 109 Å². The number of carbonyl (C=O) groups is 2. The molecule has 0 bridgehead atoms. The molecular formula is C61H92N16O8Si4. The average molecular weight is 1290 g/mol. The Morgan fingerprint density at radius 2 is 1.01 bits per heavy atom. The molecule has 2 fully saturated rings. The highest BCUT2D eigenvalue weighted by molar-refractivity contribution is 6.75. The highest BCUT2D eigenvalue weighted by Crippen LogP contribution is 2.47. The lowest BCUT2D eigenvalue weighted by molar-refractivity contribution is -0.0445. The van der Waals surface area contributed by atoms with Gasteiger partial charge in [0.2, 0.25) is 0 Å². The van der Waals surface area contributed by atoms with Crippen LogP contribution >= 0.6 is 0 Å². The zero-order valence-electron chi connectivity index (χ0n) is 55.6. The molecule has 6 aromatic rings. The number of benzene rings is 2. The van der Waals surface area contributed by atoms with Gasteiger partial charge in [0.25, 0.3) is 11.8 Å². The summed E-state index contributed by atoms with van der Waals surface area (Å²) in [7, 11) is -9.06. The van der Waals surface area contributed by atoms with Crippen molar-refractivity contribution in [1.82, 2.24) is 39.0 Å². The summed E-state index contributed by atoms with van der Waals surface area (Å²) in [6.45, 7) is 48.0. The van der Waals surface area contributed by atoms with Crippen LogP contribution in [-0.4, -0.2) is 140 Å². The van der Waals surface area contributed by atoms with Crippen molar-refractivity contribution >= 4 is 79.0 Å². The van der Waals surface area contributed by atoms with Crippen molar-refractivity contribution in [1.29, 1.82) is 0 Å². The lowest BCUT2D eigenvalue weighted by atomic mass is 10.1. The third kappa shape index (κ3) is 15.5.